The Labute approximate surface area is 96.9 Å². The highest BCUT2D eigenvalue weighted by Crippen LogP contribution is 2.09. The minimum atomic E-state index is -0.323. The number of nitrogens with zero attached hydrogens (tertiary/aromatic N) is 1. The second-order valence-electron chi connectivity index (χ2n) is 4.27. The lowest BCUT2D eigenvalue weighted by molar-refractivity contribution is 0.198. The molecule has 0 spiro atoms. The molecule has 0 bridgehead atoms. The van der Waals surface area contributed by atoms with Gasteiger partial charge >= 0.3 is 6.03 Å². The van der Waals surface area contributed by atoms with Gasteiger partial charge in [-0.05, 0) is 19.3 Å². The van der Waals surface area contributed by atoms with Gasteiger partial charge < -0.3 is 16.0 Å². The molecule has 0 aliphatic carbocycles. The molecule has 1 aliphatic heterocycles. The van der Waals surface area contributed by atoms with E-state index >= 15 is 0 Å². The van der Waals surface area contributed by atoms with Gasteiger partial charge in [-0.15, -0.1) is 0 Å². The maximum Gasteiger partial charge on any atom is 0.317 e. The normalized spacial score (nSPS) is 18.7. The third-order valence-corrected chi connectivity index (χ3v) is 2.97. The maximum atomic E-state index is 11.9. The second kappa shape index (κ2) is 6.35. The Bertz CT molecular complexity index is 246. The fraction of sp³-hybridized carbons (Fsp3) is 0.818. The number of carbonyl (C=O) groups excluding carboxylic acids is 1. The first kappa shape index (κ1) is 12.8. The average Bonchev–Trinajstić information content (AvgIpc) is 2.53. The summed E-state index contributed by atoms with van der Waals surface area (Å²) in [5.41, 5.74) is 5.41. The Morgan fingerprint density at radius 2 is 1.94 bits per heavy atom. The highest BCUT2D eigenvalue weighted by Gasteiger charge is 2.19. The number of hydrogen-bond donors (Lipinski definition) is 3. The molecule has 1 rings (SSSR count). The van der Waals surface area contributed by atoms with Gasteiger partial charge in [0.05, 0.1) is 6.04 Å². The summed E-state index contributed by atoms with van der Waals surface area (Å²) < 4.78 is 0. The molecule has 1 atom stereocenters. The Balaban J connectivity index is 2.46. The van der Waals surface area contributed by atoms with Crippen molar-refractivity contribution in [2.75, 3.05) is 13.1 Å². The third-order valence-electron chi connectivity index (χ3n) is 2.97. The van der Waals surface area contributed by atoms with Crippen molar-refractivity contribution in [3.05, 3.63) is 0 Å². The van der Waals surface area contributed by atoms with E-state index in [1.807, 2.05) is 11.8 Å². The number of carbonyl (C=O) groups is 1. The van der Waals surface area contributed by atoms with E-state index in [0.29, 0.717) is 6.42 Å². The van der Waals surface area contributed by atoms with Gasteiger partial charge in [0.25, 0.3) is 0 Å². The van der Waals surface area contributed by atoms with Crippen LogP contribution >= 0.6 is 0 Å². The zero-order valence-corrected chi connectivity index (χ0v) is 9.96. The fourth-order valence-corrected chi connectivity index (χ4v) is 1.91. The SMILES string of the molecule is CCC(NC(=O)N1CCCCCC1)C(=N)N. The predicted octanol–water partition coefficient (Wildman–Crippen LogP) is 1.29. The summed E-state index contributed by atoms with van der Waals surface area (Å²) in [6.45, 7) is 3.55. The molecule has 0 saturated carbocycles. The molecule has 92 valence electrons. The molecule has 0 aromatic carbocycles. The molecule has 2 amide bonds. The molecule has 1 unspecified atom stereocenters. The van der Waals surface area contributed by atoms with Crippen molar-refractivity contribution in [2.24, 2.45) is 5.73 Å². The molecule has 0 aromatic heterocycles. The number of nitrogens with one attached hydrogen (secondary N) is 2. The van der Waals surface area contributed by atoms with E-state index < -0.39 is 0 Å². The minimum Gasteiger partial charge on any atom is -0.386 e. The summed E-state index contributed by atoms with van der Waals surface area (Å²) >= 11 is 0. The molecule has 1 heterocycles. The van der Waals surface area contributed by atoms with E-state index in [1.165, 1.54) is 12.8 Å². The topological polar surface area (TPSA) is 82.2 Å². The van der Waals surface area contributed by atoms with Gasteiger partial charge in [-0.3, -0.25) is 5.41 Å². The lowest BCUT2D eigenvalue weighted by atomic mass is 10.2. The van der Waals surface area contributed by atoms with Crippen LogP contribution in [-0.4, -0.2) is 35.9 Å². The van der Waals surface area contributed by atoms with Crippen molar-refractivity contribution >= 4 is 11.9 Å². The first-order chi connectivity index (χ1) is 7.65. The van der Waals surface area contributed by atoms with Crippen molar-refractivity contribution < 1.29 is 4.79 Å². The Morgan fingerprint density at radius 1 is 1.38 bits per heavy atom. The van der Waals surface area contributed by atoms with Crippen LogP contribution in [0.5, 0.6) is 0 Å². The zero-order valence-electron chi connectivity index (χ0n) is 9.96. The number of hydrogen-bond acceptors (Lipinski definition) is 2. The molecule has 5 heteroatoms. The van der Waals surface area contributed by atoms with Crippen molar-refractivity contribution in [3.63, 3.8) is 0 Å². The highest BCUT2D eigenvalue weighted by molar-refractivity contribution is 5.87. The lowest BCUT2D eigenvalue weighted by Crippen LogP contribution is -2.49. The van der Waals surface area contributed by atoms with Crippen LogP contribution in [0.15, 0.2) is 0 Å². The van der Waals surface area contributed by atoms with Crippen molar-refractivity contribution in [1.29, 1.82) is 5.41 Å². The van der Waals surface area contributed by atoms with Crippen LogP contribution in [0.1, 0.15) is 39.0 Å². The standard InChI is InChI=1S/C11H22N4O/c1-2-9(10(12)13)14-11(16)15-7-5-3-4-6-8-15/h9H,2-8H2,1H3,(H3,12,13)(H,14,16). The minimum absolute atomic E-state index is 0.0330. The summed E-state index contributed by atoms with van der Waals surface area (Å²) in [6.07, 6.45) is 5.21. The maximum absolute atomic E-state index is 11.9. The van der Waals surface area contributed by atoms with E-state index in [-0.39, 0.29) is 17.9 Å². The average molecular weight is 226 g/mol. The van der Waals surface area contributed by atoms with Crippen molar-refractivity contribution in [1.82, 2.24) is 10.2 Å². The molecule has 0 radical (unpaired) electrons. The van der Waals surface area contributed by atoms with Gasteiger partial charge in [0.1, 0.15) is 5.84 Å². The van der Waals surface area contributed by atoms with Crippen LogP contribution in [-0.2, 0) is 0 Å². The quantitative estimate of drug-likeness (QED) is 0.500. The number of rotatable bonds is 3. The predicted molar refractivity (Wildman–Crippen MR) is 64.6 cm³/mol. The van der Waals surface area contributed by atoms with Gasteiger partial charge in [-0.1, -0.05) is 19.8 Å². The first-order valence-electron chi connectivity index (χ1n) is 6.04. The second-order valence-corrected chi connectivity index (χ2v) is 4.27. The van der Waals surface area contributed by atoms with Crippen LogP contribution in [0.4, 0.5) is 4.79 Å². The smallest absolute Gasteiger partial charge is 0.317 e. The number of amidine groups is 1. The molecule has 1 saturated heterocycles. The number of amides is 2. The zero-order chi connectivity index (χ0) is 12.0. The molecular weight excluding hydrogens is 204 g/mol. The summed E-state index contributed by atoms with van der Waals surface area (Å²) in [6, 6.07) is -0.403. The molecule has 1 fully saturated rings. The third kappa shape index (κ3) is 3.72. The Kier molecular flexibility index (Phi) is 5.08. The molecule has 5 nitrogen and oxygen atoms in total. The summed E-state index contributed by atoms with van der Waals surface area (Å²) in [5.74, 6) is 0.0330. The van der Waals surface area contributed by atoms with Gasteiger partial charge in [0, 0.05) is 13.1 Å². The summed E-state index contributed by atoms with van der Waals surface area (Å²) in [7, 11) is 0. The molecule has 4 N–H and O–H groups in total. The molecular formula is C11H22N4O. The number of urea groups is 1. The van der Waals surface area contributed by atoms with Crippen LogP contribution in [0.25, 0.3) is 0 Å². The first-order valence-corrected chi connectivity index (χ1v) is 6.04. The Morgan fingerprint density at radius 3 is 2.38 bits per heavy atom. The number of likely N-dealkylation sites (tertiary alicyclic amines) is 1. The molecule has 0 aromatic rings. The van der Waals surface area contributed by atoms with E-state index in [4.69, 9.17) is 11.1 Å². The van der Waals surface area contributed by atoms with E-state index in [1.54, 1.807) is 0 Å². The van der Waals surface area contributed by atoms with Gasteiger partial charge in [0.15, 0.2) is 0 Å². The van der Waals surface area contributed by atoms with E-state index in [9.17, 15) is 4.79 Å². The Hall–Kier alpha value is -1.26. The van der Waals surface area contributed by atoms with E-state index in [2.05, 4.69) is 5.32 Å². The van der Waals surface area contributed by atoms with E-state index in [0.717, 1.165) is 25.9 Å². The summed E-state index contributed by atoms with van der Waals surface area (Å²) in [4.78, 5) is 13.7. The van der Waals surface area contributed by atoms with Gasteiger partial charge in [-0.2, -0.15) is 0 Å². The molecule has 1 aliphatic rings. The van der Waals surface area contributed by atoms with Crippen LogP contribution in [0.2, 0.25) is 0 Å². The van der Waals surface area contributed by atoms with Crippen molar-refractivity contribution in [3.8, 4) is 0 Å². The van der Waals surface area contributed by atoms with Gasteiger partial charge in [0.2, 0.25) is 0 Å². The van der Waals surface area contributed by atoms with Crippen LogP contribution in [0.3, 0.4) is 0 Å². The number of nitrogens with two attached hydrogens (primary N) is 1. The van der Waals surface area contributed by atoms with Crippen LogP contribution in [0, 0.1) is 5.41 Å². The fourth-order valence-electron chi connectivity index (χ4n) is 1.91. The van der Waals surface area contributed by atoms with Gasteiger partial charge in [-0.25, -0.2) is 4.79 Å². The van der Waals surface area contributed by atoms with Crippen LogP contribution < -0.4 is 11.1 Å². The monoisotopic (exact) mass is 226 g/mol. The lowest BCUT2D eigenvalue weighted by Gasteiger charge is -2.24. The summed E-state index contributed by atoms with van der Waals surface area (Å²) in [5, 5.41) is 10.1. The van der Waals surface area contributed by atoms with Crippen molar-refractivity contribution in [2.45, 2.75) is 45.1 Å². The highest BCUT2D eigenvalue weighted by atomic mass is 16.2. The molecule has 16 heavy (non-hydrogen) atoms. The largest absolute Gasteiger partial charge is 0.386 e.